The summed E-state index contributed by atoms with van der Waals surface area (Å²) in [6.07, 6.45) is 1.13. The Morgan fingerprint density at radius 2 is 1.82 bits per heavy atom. The number of benzene rings is 2. The molecule has 1 atom stereocenters. The molecule has 0 radical (unpaired) electrons. The first-order valence-corrected chi connectivity index (χ1v) is 6.04. The maximum atomic E-state index is 9.38. The fourth-order valence-corrected chi connectivity index (χ4v) is 1.66. The van der Waals surface area contributed by atoms with Crippen LogP contribution in [0.5, 0.6) is 11.5 Å². The number of phenols is 1. The fourth-order valence-electron chi connectivity index (χ4n) is 1.66. The van der Waals surface area contributed by atoms with Crippen molar-refractivity contribution in [1.82, 2.24) is 0 Å². The Morgan fingerprint density at radius 3 is 2.59 bits per heavy atom. The zero-order chi connectivity index (χ0) is 12.3. The van der Waals surface area contributed by atoms with Crippen LogP contribution in [0.1, 0.15) is 20.3 Å². The largest absolute Gasteiger partial charge is 0.508 e. The third kappa shape index (κ3) is 2.90. The summed E-state index contributed by atoms with van der Waals surface area (Å²) in [5.41, 5.74) is 0. The zero-order valence-corrected chi connectivity index (χ0v) is 10.3. The van der Waals surface area contributed by atoms with Crippen molar-refractivity contribution in [3.05, 3.63) is 36.4 Å². The third-order valence-corrected chi connectivity index (χ3v) is 3.03. The van der Waals surface area contributed by atoms with Crippen LogP contribution in [-0.4, -0.2) is 11.7 Å². The van der Waals surface area contributed by atoms with Crippen molar-refractivity contribution in [2.24, 2.45) is 5.92 Å². The molecule has 0 aliphatic rings. The van der Waals surface area contributed by atoms with Crippen molar-refractivity contribution in [3.63, 3.8) is 0 Å². The van der Waals surface area contributed by atoms with Crippen molar-refractivity contribution in [2.75, 3.05) is 6.61 Å². The van der Waals surface area contributed by atoms with E-state index in [4.69, 9.17) is 4.74 Å². The van der Waals surface area contributed by atoms with Gasteiger partial charge >= 0.3 is 0 Å². The average molecular weight is 230 g/mol. The molecule has 0 spiro atoms. The van der Waals surface area contributed by atoms with Crippen molar-refractivity contribution in [2.45, 2.75) is 20.3 Å². The maximum absolute atomic E-state index is 9.38. The summed E-state index contributed by atoms with van der Waals surface area (Å²) < 4.78 is 5.73. The van der Waals surface area contributed by atoms with E-state index in [1.54, 1.807) is 12.1 Å². The highest BCUT2D eigenvalue weighted by Crippen LogP contribution is 2.24. The van der Waals surface area contributed by atoms with Crippen LogP contribution in [0.4, 0.5) is 0 Å². The molecule has 2 nitrogen and oxygen atoms in total. The number of phenolic OH excluding ortho intramolecular Hbond substituents is 1. The Labute approximate surface area is 102 Å². The third-order valence-electron chi connectivity index (χ3n) is 3.03. The molecule has 0 aliphatic heterocycles. The summed E-state index contributed by atoms with van der Waals surface area (Å²) >= 11 is 0. The smallest absolute Gasteiger partial charge is 0.119 e. The molecular weight excluding hydrogens is 212 g/mol. The summed E-state index contributed by atoms with van der Waals surface area (Å²) in [6.45, 7) is 5.09. The number of fused-ring (bicyclic) bond motifs is 1. The normalized spacial score (nSPS) is 12.6. The molecule has 0 aromatic heterocycles. The van der Waals surface area contributed by atoms with Gasteiger partial charge in [-0.3, -0.25) is 0 Å². The molecule has 0 saturated carbocycles. The van der Waals surface area contributed by atoms with Crippen LogP contribution in [0, 0.1) is 5.92 Å². The van der Waals surface area contributed by atoms with Gasteiger partial charge in [-0.15, -0.1) is 0 Å². The molecule has 2 heteroatoms. The number of hydrogen-bond donors (Lipinski definition) is 1. The zero-order valence-electron chi connectivity index (χ0n) is 10.3. The number of ether oxygens (including phenoxy) is 1. The molecule has 1 N–H and O–H groups in total. The van der Waals surface area contributed by atoms with Gasteiger partial charge in [-0.1, -0.05) is 32.4 Å². The molecule has 2 rings (SSSR count). The lowest BCUT2D eigenvalue weighted by atomic mass is 10.1. The first kappa shape index (κ1) is 11.8. The molecule has 17 heavy (non-hydrogen) atoms. The van der Waals surface area contributed by atoms with Crippen LogP contribution >= 0.6 is 0 Å². The molecule has 0 fully saturated rings. The molecule has 2 aromatic carbocycles. The van der Waals surface area contributed by atoms with E-state index in [2.05, 4.69) is 13.8 Å². The molecular formula is C15H18O2. The SMILES string of the molecule is CCC(C)COc1ccc2cc(O)ccc2c1. The predicted molar refractivity (Wildman–Crippen MR) is 70.6 cm³/mol. The Kier molecular flexibility index (Phi) is 3.52. The monoisotopic (exact) mass is 230 g/mol. The molecule has 0 saturated heterocycles. The van der Waals surface area contributed by atoms with Crippen molar-refractivity contribution in [3.8, 4) is 11.5 Å². The summed E-state index contributed by atoms with van der Waals surface area (Å²) in [5.74, 6) is 1.76. The molecule has 0 aliphatic carbocycles. The van der Waals surface area contributed by atoms with E-state index in [-0.39, 0.29) is 0 Å². The van der Waals surface area contributed by atoms with Gasteiger partial charge in [0.05, 0.1) is 6.61 Å². The minimum absolute atomic E-state index is 0.297. The van der Waals surface area contributed by atoms with Crippen LogP contribution < -0.4 is 4.74 Å². The highest BCUT2D eigenvalue weighted by molar-refractivity contribution is 5.85. The van der Waals surface area contributed by atoms with E-state index >= 15 is 0 Å². The minimum Gasteiger partial charge on any atom is -0.508 e. The number of rotatable bonds is 4. The topological polar surface area (TPSA) is 29.5 Å². The van der Waals surface area contributed by atoms with Crippen LogP contribution in [-0.2, 0) is 0 Å². The van der Waals surface area contributed by atoms with E-state index in [1.807, 2.05) is 24.3 Å². The molecule has 90 valence electrons. The predicted octanol–water partition coefficient (Wildman–Crippen LogP) is 3.97. The number of hydrogen-bond acceptors (Lipinski definition) is 2. The van der Waals surface area contributed by atoms with Gasteiger partial charge in [0.1, 0.15) is 11.5 Å². The van der Waals surface area contributed by atoms with Crippen molar-refractivity contribution >= 4 is 10.8 Å². The lowest BCUT2D eigenvalue weighted by Crippen LogP contribution is -2.06. The molecule has 2 aromatic rings. The van der Waals surface area contributed by atoms with Gasteiger partial charge in [0.25, 0.3) is 0 Å². The van der Waals surface area contributed by atoms with E-state index in [1.165, 1.54) is 0 Å². The Bertz CT molecular complexity index is 505. The van der Waals surface area contributed by atoms with Gasteiger partial charge in [0.15, 0.2) is 0 Å². The Balaban J connectivity index is 2.17. The van der Waals surface area contributed by atoms with E-state index in [0.29, 0.717) is 11.7 Å². The van der Waals surface area contributed by atoms with Crippen molar-refractivity contribution in [1.29, 1.82) is 0 Å². The molecule has 0 bridgehead atoms. The second-order valence-electron chi connectivity index (χ2n) is 4.52. The van der Waals surface area contributed by atoms with Gasteiger partial charge in [0, 0.05) is 0 Å². The quantitative estimate of drug-likeness (QED) is 0.861. The summed E-state index contributed by atoms with van der Waals surface area (Å²) in [6, 6.07) is 11.3. The lowest BCUT2D eigenvalue weighted by molar-refractivity contribution is 0.257. The van der Waals surface area contributed by atoms with Crippen LogP contribution in [0.2, 0.25) is 0 Å². The average Bonchev–Trinajstić information content (AvgIpc) is 2.35. The van der Waals surface area contributed by atoms with E-state index in [0.717, 1.165) is 29.5 Å². The highest BCUT2D eigenvalue weighted by Gasteiger charge is 2.02. The molecule has 0 heterocycles. The first-order valence-electron chi connectivity index (χ1n) is 6.04. The van der Waals surface area contributed by atoms with Crippen LogP contribution in [0.3, 0.4) is 0 Å². The van der Waals surface area contributed by atoms with E-state index < -0.39 is 0 Å². The van der Waals surface area contributed by atoms with Crippen LogP contribution in [0.15, 0.2) is 36.4 Å². The second kappa shape index (κ2) is 5.09. The fraction of sp³-hybridized carbons (Fsp3) is 0.333. The standard InChI is InChI=1S/C15H18O2/c1-3-11(2)10-17-15-7-5-12-8-14(16)6-4-13(12)9-15/h4-9,11,16H,3,10H2,1-2H3. The second-order valence-corrected chi connectivity index (χ2v) is 4.52. The van der Waals surface area contributed by atoms with Gasteiger partial charge in [-0.2, -0.15) is 0 Å². The Morgan fingerprint density at radius 1 is 1.12 bits per heavy atom. The first-order chi connectivity index (χ1) is 8.19. The molecule has 0 amide bonds. The molecule has 1 unspecified atom stereocenters. The van der Waals surface area contributed by atoms with Gasteiger partial charge < -0.3 is 9.84 Å². The highest BCUT2D eigenvalue weighted by atomic mass is 16.5. The van der Waals surface area contributed by atoms with Crippen molar-refractivity contribution < 1.29 is 9.84 Å². The lowest BCUT2D eigenvalue weighted by Gasteiger charge is -2.11. The summed E-state index contributed by atoms with van der Waals surface area (Å²) in [7, 11) is 0. The van der Waals surface area contributed by atoms with E-state index in [9.17, 15) is 5.11 Å². The number of aromatic hydroxyl groups is 1. The van der Waals surface area contributed by atoms with Gasteiger partial charge in [-0.25, -0.2) is 0 Å². The van der Waals surface area contributed by atoms with Gasteiger partial charge in [-0.05, 0) is 41.0 Å². The van der Waals surface area contributed by atoms with Gasteiger partial charge in [0.2, 0.25) is 0 Å². The Hall–Kier alpha value is -1.70. The minimum atomic E-state index is 0.297. The summed E-state index contributed by atoms with van der Waals surface area (Å²) in [5, 5.41) is 11.5. The van der Waals surface area contributed by atoms with Crippen LogP contribution in [0.25, 0.3) is 10.8 Å². The maximum Gasteiger partial charge on any atom is 0.119 e. The summed E-state index contributed by atoms with van der Waals surface area (Å²) in [4.78, 5) is 0.